The lowest BCUT2D eigenvalue weighted by Crippen LogP contribution is -2.25. The highest BCUT2D eigenvalue weighted by Gasteiger charge is 2.25. The fraction of sp³-hybridized carbons (Fsp3) is 0.640. The van der Waals surface area contributed by atoms with Crippen molar-refractivity contribution in [2.75, 3.05) is 6.61 Å². The minimum absolute atomic E-state index is 0.207. The van der Waals surface area contributed by atoms with Crippen LogP contribution in [0.1, 0.15) is 81.8 Å². The third kappa shape index (κ3) is 6.17. The van der Waals surface area contributed by atoms with E-state index in [0.29, 0.717) is 17.9 Å². The summed E-state index contributed by atoms with van der Waals surface area (Å²) in [6.45, 7) is 3.11. The van der Waals surface area contributed by atoms with Crippen molar-refractivity contribution >= 4 is 0 Å². The van der Waals surface area contributed by atoms with E-state index in [1.165, 1.54) is 55.7 Å². The molecule has 152 valence electrons. The fourth-order valence-electron chi connectivity index (χ4n) is 4.85. The molecule has 0 radical (unpaired) electrons. The quantitative estimate of drug-likeness (QED) is 0.482. The van der Waals surface area contributed by atoms with Crippen LogP contribution in [0.15, 0.2) is 36.2 Å². The van der Waals surface area contributed by atoms with E-state index in [0.717, 1.165) is 32.3 Å². The van der Waals surface area contributed by atoms with Crippen molar-refractivity contribution in [2.45, 2.75) is 83.2 Å². The summed E-state index contributed by atoms with van der Waals surface area (Å²) in [6.07, 6.45) is 13.1. The van der Waals surface area contributed by atoms with Gasteiger partial charge in [-0.1, -0.05) is 37.6 Å². The molecule has 2 saturated carbocycles. The van der Waals surface area contributed by atoms with Crippen LogP contribution in [0.5, 0.6) is 0 Å². The standard InChI is InChI=1S/C25H34FNO/c1-2-3-19-4-10-22(11-5-19)23-12-6-21(7-13-23)18-28-25-14-8-20(9-15-25)16-24(26)17-27/h4-5,10-11,16,20-21,23,25H,2-3,6-9,12-15,18H2,1H3/b24-16+/t20-,21-,23-,25-. The lowest BCUT2D eigenvalue weighted by atomic mass is 9.79. The number of rotatable bonds is 7. The van der Waals surface area contributed by atoms with Gasteiger partial charge in [0.15, 0.2) is 5.83 Å². The molecule has 0 amide bonds. The Morgan fingerprint density at radius 1 is 1.07 bits per heavy atom. The van der Waals surface area contributed by atoms with Crippen molar-refractivity contribution in [3.05, 3.63) is 47.3 Å². The summed E-state index contributed by atoms with van der Waals surface area (Å²) < 4.78 is 19.3. The Kier molecular flexibility index (Phi) is 8.10. The first-order valence-corrected chi connectivity index (χ1v) is 11.2. The van der Waals surface area contributed by atoms with E-state index in [9.17, 15) is 4.39 Å². The molecule has 28 heavy (non-hydrogen) atoms. The van der Waals surface area contributed by atoms with Gasteiger partial charge in [0.1, 0.15) is 6.07 Å². The number of halogens is 1. The molecule has 2 nitrogen and oxygen atoms in total. The van der Waals surface area contributed by atoms with Crippen molar-refractivity contribution in [1.29, 1.82) is 5.26 Å². The zero-order valence-electron chi connectivity index (χ0n) is 17.2. The molecule has 2 aliphatic carbocycles. The Bertz CT molecular complexity index is 659. The molecule has 3 heteroatoms. The summed E-state index contributed by atoms with van der Waals surface area (Å²) in [6, 6.07) is 10.9. The summed E-state index contributed by atoms with van der Waals surface area (Å²) in [5.74, 6) is 0.966. The fourth-order valence-corrected chi connectivity index (χ4v) is 4.85. The molecule has 0 aliphatic heterocycles. The van der Waals surface area contributed by atoms with Gasteiger partial charge in [0.05, 0.1) is 6.10 Å². The van der Waals surface area contributed by atoms with Crippen LogP contribution in [0, 0.1) is 23.2 Å². The van der Waals surface area contributed by atoms with E-state index in [1.54, 1.807) is 6.07 Å². The number of nitriles is 1. The van der Waals surface area contributed by atoms with Crippen LogP contribution in [0.3, 0.4) is 0 Å². The molecule has 2 fully saturated rings. The molecule has 2 aliphatic rings. The van der Waals surface area contributed by atoms with Gasteiger partial charge in [0.25, 0.3) is 0 Å². The molecule has 0 bridgehead atoms. The summed E-state index contributed by atoms with van der Waals surface area (Å²) in [5.41, 5.74) is 2.96. The predicted molar refractivity (Wildman–Crippen MR) is 112 cm³/mol. The average molecular weight is 384 g/mol. The molecule has 1 aromatic rings. The Hall–Kier alpha value is -1.66. The molecule has 1 aromatic carbocycles. The van der Waals surface area contributed by atoms with Crippen LogP contribution >= 0.6 is 0 Å². The minimum atomic E-state index is -0.638. The second-order valence-electron chi connectivity index (χ2n) is 8.71. The Morgan fingerprint density at radius 3 is 2.36 bits per heavy atom. The number of nitrogens with zero attached hydrogens (tertiary/aromatic N) is 1. The zero-order valence-corrected chi connectivity index (χ0v) is 17.2. The van der Waals surface area contributed by atoms with E-state index in [1.807, 2.05) is 0 Å². The lowest BCUT2D eigenvalue weighted by Gasteiger charge is -2.32. The highest BCUT2D eigenvalue weighted by atomic mass is 19.1. The molecule has 0 atom stereocenters. The SMILES string of the molecule is CCCc1ccc([C@H]2CC[C@H](CO[C@H]3CC[C@H](/C=C(/F)C#N)CC3)CC2)cc1. The Labute approximate surface area is 169 Å². The van der Waals surface area contributed by atoms with Gasteiger partial charge in [-0.25, -0.2) is 0 Å². The maximum absolute atomic E-state index is 13.1. The highest BCUT2D eigenvalue weighted by Crippen LogP contribution is 2.37. The number of allylic oxidation sites excluding steroid dienone is 2. The monoisotopic (exact) mass is 383 g/mol. The Morgan fingerprint density at radius 2 is 1.75 bits per heavy atom. The van der Waals surface area contributed by atoms with E-state index < -0.39 is 5.83 Å². The minimum Gasteiger partial charge on any atom is -0.378 e. The van der Waals surface area contributed by atoms with Crippen LogP contribution in [0.2, 0.25) is 0 Å². The van der Waals surface area contributed by atoms with Crippen molar-refractivity contribution in [3.63, 3.8) is 0 Å². The molecule has 3 rings (SSSR count). The molecular weight excluding hydrogens is 349 g/mol. The molecule has 0 spiro atoms. The van der Waals surface area contributed by atoms with Crippen molar-refractivity contribution in [1.82, 2.24) is 0 Å². The van der Waals surface area contributed by atoms with Gasteiger partial charge in [-0.3, -0.25) is 0 Å². The summed E-state index contributed by atoms with van der Waals surface area (Å²) in [7, 11) is 0. The van der Waals surface area contributed by atoms with Crippen LogP contribution in [-0.2, 0) is 11.2 Å². The predicted octanol–water partition coefficient (Wildman–Crippen LogP) is 6.87. The van der Waals surface area contributed by atoms with Gasteiger partial charge in [-0.15, -0.1) is 0 Å². The third-order valence-electron chi connectivity index (χ3n) is 6.61. The summed E-state index contributed by atoms with van der Waals surface area (Å²) in [5, 5.41) is 8.55. The molecule has 0 heterocycles. The van der Waals surface area contributed by atoms with E-state index in [2.05, 4.69) is 31.2 Å². The smallest absolute Gasteiger partial charge is 0.196 e. The van der Waals surface area contributed by atoms with Crippen LogP contribution in [0.4, 0.5) is 4.39 Å². The highest BCUT2D eigenvalue weighted by molar-refractivity contribution is 5.26. The lowest BCUT2D eigenvalue weighted by molar-refractivity contribution is -0.00465. The molecular formula is C25H34FNO. The van der Waals surface area contributed by atoms with Gasteiger partial charge in [-0.2, -0.15) is 9.65 Å². The van der Waals surface area contributed by atoms with Gasteiger partial charge in [0.2, 0.25) is 0 Å². The number of ether oxygens (including phenoxy) is 1. The largest absolute Gasteiger partial charge is 0.378 e. The molecule has 0 saturated heterocycles. The summed E-state index contributed by atoms with van der Waals surface area (Å²) in [4.78, 5) is 0. The van der Waals surface area contributed by atoms with E-state index >= 15 is 0 Å². The summed E-state index contributed by atoms with van der Waals surface area (Å²) >= 11 is 0. The number of hydrogen-bond donors (Lipinski definition) is 0. The van der Waals surface area contributed by atoms with E-state index in [-0.39, 0.29) is 5.92 Å². The Balaban J connectivity index is 1.35. The zero-order chi connectivity index (χ0) is 19.8. The van der Waals surface area contributed by atoms with Crippen molar-refractivity contribution < 1.29 is 9.13 Å². The maximum atomic E-state index is 13.1. The van der Waals surface area contributed by atoms with Gasteiger partial charge in [0, 0.05) is 6.61 Å². The molecule has 0 unspecified atom stereocenters. The average Bonchev–Trinajstić information content (AvgIpc) is 2.74. The topological polar surface area (TPSA) is 33.0 Å². The van der Waals surface area contributed by atoms with Crippen LogP contribution < -0.4 is 0 Å². The first kappa shape index (κ1) is 21.1. The van der Waals surface area contributed by atoms with Crippen LogP contribution in [-0.4, -0.2) is 12.7 Å². The van der Waals surface area contributed by atoms with Gasteiger partial charge in [-0.05, 0) is 92.7 Å². The third-order valence-corrected chi connectivity index (χ3v) is 6.61. The van der Waals surface area contributed by atoms with Crippen molar-refractivity contribution in [2.24, 2.45) is 11.8 Å². The first-order chi connectivity index (χ1) is 13.7. The maximum Gasteiger partial charge on any atom is 0.196 e. The van der Waals surface area contributed by atoms with E-state index in [4.69, 9.17) is 10.00 Å². The molecule has 0 aromatic heterocycles. The second kappa shape index (κ2) is 10.8. The van der Waals surface area contributed by atoms with Gasteiger partial charge < -0.3 is 4.74 Å². The van der Waals surface area contributed by atoms with Crippen molar-refractivity contribution in [3.8, 4) is 6.07 Å². The number of aryl methyl sites for hydroxylation is 1. The second-order valence-corrected chi connectivity index (χ2v) is 8.71. The van der Waals surface area contributed by atoms with Crippen LogP contribution in [0.25, 0.3) is 0 Å². The molecule has 0 N–H and O–H groups in total. The number of hydrogen-bond acceptors (Lipinski definition) is 2. The van der Waals surface area contributed by atoms with Gasteiger partial charge >= 0.3 is 0 Å². The normalized spacial score (nSPS) is 28.7. The first-order valence-electron chi connectivity index (χ1n) is 11.2. The number of benzene rings is 1.